The van der Waals surface area contributed by atoms with Crippen LogP contribution in [0.15, 0.2) is 24.3 Å². The number of nitrogens with zero attached hydrogens (tertiary/aromatic N) is 3. The van der Waals surface area contributed by atoms with Gasteiger partial charge in [0.05, 0.1) is 11.6 Å². The zero-order valence-corrected chi connectivity index (χ0v) is 19.3. The highest BCUT2D eigenvalue weighted by molar-refractivity contribution is 5.94. The summed E-state index contributed by atoms with van der Waals surface area (Å²) >= 11 is 0. The third-order valence-electron chi connectivity index (χ3n) is 7.07. The largest absolute Gasteiger partial charge is 0.416 e. The van der Waals surface area contributed by atoms with E-state index in [1.54, 1.807) is 4.90 Å². The molecule has 0 spiro atoms. The van der Waals surface area contributed by atoms with Crippen LogP contribution in [0.25, 0.3) is 0 Å². The van der Waals surface area contributed by atoms with Crippen molar-refractivity contribution in [2.45, 2.75) is 50.9 Å². The summed E-state index contributed by atoms with van der Waals surface area (Å²) in [5, 5.41) is 3.03. The molecule has 34 heavy (non-hydrogen) atoms. The predicted molar refractivity (Wildman–Crippen MR) is 119 cm³/mol. The molecule has 0 radical (unpaired) electrons. The number of rotatable bonds is 5. The average Bonchev–Trinajstić information content (AvgIpc) is 3.66. The van der Waals surface area contributed by atoms with Crippen molar-refractivity contribution in [2.75, 3.05) is 39.3 Å². The summed E-state index contributed by atoms with van der Waals surface area (Å²) in [6.07, 6.45) is -1.27. The molecular weight excluding hydrogens is 449 g/mol. The second-order valence-corrected chi connectivity index (χ2v) is 9.46. The fourth-order valence-corrected chi connectivity index (χ4v) is 4.62. The van der Waals surface area contributed by atoms with E-state index in [0.717, 1.165) is 25.0 Å². The zero-order chi connectivity index (χ0) is 24.5. The Labute approximate surface area is 197 Å². The molecule has 2 heterocycles. The summed E-state index contributed by atoms with van der Waals surface area (Å²) in [6.45, 7) is 5.14. The van der Waals surface area contributed by atoms with Gasteiger partial charge in [-0.2, -0.15) is 13.2 Å². The van der Waals surface area contributed by atoms with Gasteiger partial charge in [-0.05, 0) is 56.9 Å². The minimum atomic E-state index is -4.44. The first-order chi connectivity index (χ1) is 16.1. The summed E-state index contributed by atoms with van der Waals surface area (Å²) in [5.74, 6) is -0.353. The molecule has 2 saturated heterocycles. The Kier molecular flexibility index (Phi) is 7.16. The minimum Gasteiger partial charge on any atom is -0.352 e. The number of alkyl halides is 3. The van der Waals surface area contributed by atoms with Gasteiger partial charge in [-0.15, -0.1) is 0 Å². The molecule has 3 fully saturated rings. The minimum absolute atomic E-state index is 0.0485. The van der Waals surface area contributed by atoms with Gasteiger partial charge in [0.1, 0.15) is 0 Å². The zero-order valence-electron chi connectivity index (χ0n) is 19.3. The van der Waals surface area contributed by atoms with Gasteiger partial charge >= 0.3 is 6.18 Å². The van der Waals surface area contributed by atoms with Crippen molar-refractivity contribution in [1.29, 1.82) is 0 Å². The number of nitrogens with one attached hydrogen (secondary N) is 1. The lowest BCUT2D eigenvalue weighted by atomic mass is 9.94. The van der Waals surface area contributed by atoms with Gasteiger partial charge in [0.2, 0.25) is 11.8 Å². The van der Waals surface area contributed by atoms with Crippen LogP contribution in [0.5, 0.6) is 0 Å². The molecule has 186 valence electrons. The van der Waals surface area contributed by atoms with E-state index in [2.05, 4.69) is 10.2 Å². The van der Waals surface area contributed by atoms with Crippen LogP contribution < -0.4 is 5.32 Å². The van der Waals surface area contributed by atoms with E-state index in [1.165, 1.54) is 12.1 Å². The van der Waals surface area contributed by atoms with E-state index in [1.807, 2.05) is 11.8 Å². The maximum atomic E-state index is 13.0. The number of hydrogen-bond donors (Lipinski definition) is 1. The van der Waals surface area contributed by atoms with Crippen LogP contribution >= 0.6 is 0 Å². The van der Waals surface area contributed by atoms with Gasteiger partial charge in [0.15, 0.2) is 0 Å². The van der Waals surface area contributed by atoms with E-state index in [-0.39, 0.29) is 35.2 Å². The number of carbonyl (C=O) groups is 3. The molecular formula is C24H31F3N4O3. The highest BCUT2D eigenvalue weighted by atomic mass is 19.4. The van der Waals surface area contributed by atoms with E-state index >= 15 is 0 Å². The molecule has 7 nitrogen and oxygen atoms in total. The number of benzene rings is 1. The van der Waals surface area contributed by atoms with Gasteiger partial charge < -0.3 is 15.1 Å². The summed E-state index contributed by atoms with van der Waals surface area (Å²) in [6, 6.07) is 4.35. The highest BCUT2D eigenvalue weighted by Gasteiger charge is 2.35. The summed E-state index contributed by atoms with van der Waals surface area (Å²) in [4.78, 5) is 43.5. The smallest absolute Gasteiger partial charge is 0.352 e. The van der Waals surface area contributed by atoms with Crippen LogP contribution in [0.2, 0.25) is 0 Å². The quantitative estimate of drug-likeness (QED) is 0.703. The number of amides is 3. The van der Waals surface area contributed by atoms with Crippen LogP contribution in [0.1, 0.15) is 48.5 Å². The fourth-order valence-electron chi connectivity index (χ4n) is 4.62. The summed E-state index contributed by atoms with van der Waals surface area (Å²) < 4.78 is 38.2. The van der Waals surface area contributed by atoms with E-state index in [9.17, 15) is 27.6 Å². The topological polar surface area (TPSA) is 73.0 Å². The Morgan fingerprint density at radius 2 is 1.47 bits per heavy atom. The first-order valence-electron chi connectivity index (χ1n) is 11.9. The average molecular weight is 481 g/mol. The van der Waals surface area contributed by atoms with Gasteiger partial charge in [0, 0.05) is 56.8 Å². The lowest BCUT2D eigenvalue weighted by Crippen LogP contribution is -2.56. The Bertz CT molecular complexity index is 901. The number of likely N-dealkylation sites (tertiary alicyclic amines) is 1. The number of piperazine rings is 1. The Morgan fingerprint density at radius 1 is 0.882 bits per heavy atom. The van der Waals surface area contributed by atoms with Crippen molar-refractivity contribution in [1.82, 2.24) is 20.0 Å². The molecule has 3 amide bonds. The van der Waals surface area contributed by atoms with Crippen LogP contribution in [0, 0.1) is 5.92 Å². The van der Waals surface area contributed by atoms with Crippen LogP contribution in [0.3, 0.4) is 0 Å². The van der Waals surface area contributed by atoms with Crippen LogP contribution in [-0.4, -0.2) is 83.8 Å². The standard InChI is InChI=1S/C24H31F3N4O3/c1-16(21(32)28-20-6-7-20)29-12-14-31(15-13-29)23(34)18-8-10-30(11-9-18)22(33)17-2-4-19(5-3-17)24(25,26)27/h2-5,16,18,20H,6-15H2,1H3,(H,28,32). The molecule has 10 heteroatoms. The van der Waals surface area contributed by atoms with Crippen molar-refractivity contribution >= 4 is 17.7 Å². The molecule has 1 unspecified atom stereocenters. The van der Waals surface area contributed by atoms with Crippen molar-refractivity contribution in [2.24, 2.45) is 5.92 Å². The Balaban J connectivity index is 1.23. The fraction of sp³-hybridized carbons (Fsp3) is 0.625. The molecule has 1 aliphatic carbocycles. The van der Waals surface area contributed by atoms with E-state index < -0.39 is 11.7 Å². The van der Waals surface area contributed by atoms with Crippen molar-refractivity contribution in [3.63, 3.8) is 0 Å². The molecule has 0 bridgehead atoms. The molecule has 3 aliphatic rings. The molecule has 0 aromatic heterocycles. The van der Waals surface area contributed by atoms with Gasteiger partial charge in [0.25, 0.3) is 5.91 Å². The Morgan fingerprint density at radius 3 is 2.00 bits per heavy atom. The van der Waals surface area contributed by atoms with E-state index in [0.29, 0.717) is 58.2 Å². The molecule has 1 saturated carbocycles. The lowest BCUT2D eigenvalue weighted by molar-refractivity contribution is -0.139. The SMILES string of the molecule is CC(C(=O)NC1CC1)N1CCN(C(=O)C2CCN(C(=O)c3ccc(C(F)(F)F)cc3)CC2)CC1. The molecule has 1 aromatic rings. The Hall–Kier alpha value is -2.62. The molecule has 1 aromatic carbocycles. The van der Waals surface area contributed by atoms with Crippen molar-refractivity contribution in [3.05, 3.63) is 35.4 Å². The lowest BCUT2D eigenvalue weighted by Gasteiger charge is -2.40. The van der Waals surface area contributed by atoms with E-state index in [4.69, 9.17) is 0 Å². The van der Waals surface area contributed by atoms with Gasteiger partial charge in [-0.3, -0.25) is 19.3 Å². The van der Waals surface area contributed by atoms with Crippen molar-refractivity contribution < 1.29 is 27.6 Å². The second kappa shape index (κ2) is 9.93. The molecule has 2 aliphatic heterocycles. The molecule has 1 N–H and O–H groups in total. The molecule has 4 rings (SSSR count). The number of hydrogen-bond acceptors (Lipinski definition) is 4. The van der Waals surface area contributed by atoms with Crippen molar-refractivity contribution in [3.8, 4) is 0 Å². The van der Waals surface area contributed by atoms with Crippen LogP contribution in [0.4, 0.5) is 13.2 Å². The monoisotopic (exact) mass is 480 g/mol. The maximum absolute atomic E-state index is 13.0. The van der Waals surface area contributed by atoms with Gasteiger partial charge in [-0.1, -0.05) is 0 Å². The first-order valence-corrected chi connectivity index (χ1v) is 11.9. The predicted octanol–water partition coefficient (Wildman–Crippen LogP) is 2.37. The third-order valence-corrected chi connectivity index (χ3v) is 7.07. The number of piperidine rings is 1. The number of halogens is 3. The normalized spacial score (nSPS) is 21.3. The summed E-state index contributed by atoms with van der Waals surface area (Å²) in [5.41, 5.74) is -0.569. The van der Waals surface area contributed by atoms with Crippen LogP contribution in [-0.2, 0) is 15.8 Å². The number of carbonyl (C=O) groups excluding carboxylic acids is 3. The van der Waals surface area contributed by atoms with Gasteiger partial charge in [-0.25, -0.2) is 0 Å². The summed E-state index contributed by atoms with van der Waals surface area (Å²) in [7, 11) is 0. The first kappa shape index (κ1) is 24.5. The maximum Gasteiger partial charge on any atom is 0.416 e. The second-order valence-electron chi connectivity index (χ2n) is 9.46. The third kappa shape index (κ3) is 5.71. The molecule has 1 atom stereocenters. The highest BCUT2D eigenvalue weighted by Crippen LogP contribution is 2.29.